The van der Waals surface area contributed by atoms with E-state index in [1.165, 1.54) is 0 Å². The van der Waals surface area contributed by atoms with Crippen LogP contribution in [-0.2, 0) is 6.54 Å². The van der Waals surface area contributed by atoms with Crippen LogP contribution in [0.3, 0.4) is 0 Å². The number of hydrogen-bond donors (Lipinski definition) is 1. The SMILES string of the molecule is COc1ncc(CN2C[C@H](O)[C@@H](N3CCN(c4ccccn4)CC3)C2)cn1. The molecule has 0 amide bonds. The van der Waals surface area contributed by atoms with Crippen LogP contribution in [0, 0.1) is 0 Å². The van der Waals surface area contributed by atoms with Crippen molar-refractivity contribution in [1.29, 1.82) is 0 Å². The molecule has 4 rings (SSSR count). The highest BCUT2D eigenvalue weighted by Gasteiger charge is 2.36. The molecule has 2 aliphatic heterocycles. The summed E-state index contributed by atoms with van der Waals surface area (Å²) in [6, 6.07) is 6.57. The van der Waals surface area contributed by atoms with E-state index in [1.807, 2.05) is 18.3 Å². The summed E-state index contributed by atoms with van der Waals surface area (Å²) in [6.07, 6.45) is 5.09. The van der Waals surface area contributed by atoms with E-state index in [-0.39, 0.29) is 12.1 Å². The molecular formula is C19H26N6O2. The molecule has 27 heavy (non-hydrogen) atoms. The fourth-order valence-corrected chi connectivity index (χ4v) is 3.95. The van der Waals surface area contributed by atoms with Crippen molar-refractivity contribution in [1.82, 2.24) is 24.8 Å². The van der Waals surface area contributed by atoms with Crippen molar-refractivity contribution < 1.29 is 9.84 Å². The number of pyridine rings is 1. The Morgan fingerprint density at radius 1 is 1.07 bits per heavy atom. The van der Waals surface area contributed by atoms with Gasteiger partial charge in [0.2, 0.25) is 0 Å². The van der Waals surface area contributed by atoms with Crippen LogP contribution in [0.15, 0.2) is 36.8 Å². The van der Waals surface area contributed by atoms with Crippen molar-refractivity contribution in [3.8, 4) is 6.01 Å². The van der Waals surface area contributed by atoms with Crippen molar-refractivity contribution in [2.24, 2.45) is 0 Å². The molecule has 2 atom stereocenters. The smallest absolute Gasteiger partial charge is 0.316 e. The molecule has 0 radical (unpaired) electrons. The number of methoxy groups -OCH3 is 1. The summed E-state index contributed by atoms with van der Waals surface area (Å²) in [7, 11) is 1.56. The summed E-state index contributed by atoms with van der Waals surface area (Å²) in [5.74, 6) is 1.03. The number of rotatable bonds is 5. The van der Waals surface area contributed by atoms with Gasteiger partial charge in [0.05, 0.1) is 13.2 Å². The number of likely N-dealkylation sites (tertiary alicyclic amines) is 1. The van der Waals surface area contributed by atoms with E-state index in [2.05, 4.69) is 35.7 Å². The zero-order valence-electron chi connectivity index (χ0n) is 15.6. The summed E-state index contributed by atoms with van der Waals surface area (Å²) >= 11 is 0. The first kappa shape index (κ1) is 18.1. The number of hydrogen-bond acceptors (Lipinski definition) is 8. The largest absolute Gasteiger partial charge is 0.467 e. The van der Waals surface area contributed by atoms with Crippen molar-refractivity contribution in [2.75, 3.05) is 51.3 Å². The van der Waals surface area contributed by atoms with E-state index < -0.39 is 0 Å². The van der Waals surface area contributed by atoms with Crippen LogP contribution < -0.4 is 9.64 Å². The molecule has 1 N–H and O–H groups in total. The molecule has 0 spiro atoms. The predicted octanol–water partition coefficient (Wildman–Crippen LogP) is 0.247. The molecular weight excluding hydrogens is 344 g/mol. The fourth-order valence-electron chi connectivity index (χ4n) is 3.95. The normalized spacial score (nSPS) is 24.3. The topological polar surface area (TPSA) is 77.9 Å². The second-order valence-electron chi connectivity index (χ2n) is 7.12. The summed E-state index contributed by atoms with van der Waals surface area (Å²) in [5, 5.41) is 10.6. The maximum Gasteiger partial charge on any atom is 0.316 e. The van der Waals surface area contributed by atoms with Crippen LogP contribution in [0.2, 0.25) is 0 Å². The molecule has 2 aromatic heterocycles. The Bertz CT molecular complexity index is 721. The Balaban J connectivity index is 1.31. The van der Waals surface area contributed by atoms with Crippen molar-refractivity contribution >= 4 is 5.82 Å². The van der Waals surface area contributed by atoms with E-state index in [1.54, 1.807) is 19.5 Å². The van der Waals surface area contributed by atoms with Gasteiger partial charge in [-0.1, -0.05) is 6.07 Å². The van der Waals surface area contributed by atoms with Crippen molar-refractivity contribution in [3.05, 3.63) is 42.4 Å². The molecule has 2 fully saturated rings. The maximum atomic E-state index is 10.6. The lowest BCUT2D eigenvalue weighted by Gasteiger charge is -2.39. The molecule has 2 aromatic rings. The Labute approximate surface area is 159 Å². The van der Waals surface area contributed by atoms with Gasteiger partial charge in [0.25, 0.3) is 0 Å². The highest BCUT2D eigenvalue weighted by atomic mass is 16.5. The summed E-state index contributed by atoms with van der Waals surface area (Å²) in [5.41, 5.74) is 1.03. The maximum absolute atomic E-state index is 10.6. The first-order valence-electron chi connectivity index (χ1n) is 9.38. The average molecular weight is 370 g/mol. The lowest BCUT2D eigenvalue weighted by atomic mass is 10.1. The van der Waals surface area contributed by atoms with Gasteiger partial charge in [0, 0.05) is 76.0 Å². The third-order valence-corrected chi connectivity index (χ3v) is 5.36. The molecule has 0 saturated carbocycles. The van der Waals surface area contributed by atoms with Gasteiger partial charge in [0.1, 0.15) is 5.82 Å². The standard InChI is InChI=1S/C19H26N6O2/c1-27-19-21-10-15(11-22-19)12-23-13-16(17(26)14-23)24-6-8-25(9-7-24)18-4-2-3-5-20-18/h2-5,10-11,16-17,26H,6-9,12-14H2,1H3/t16-,17-/m0/s1. The lowest BCUT2D eigenvalue weighted by molar-refractivity contribution is 0.0790. The number of aliphatic hydroxyl groups excluding tert-OH is 1. The summed E-state index contributed by atoms with van der Waals surface area (Å²) in [4.78, 5) is 19.8. The quantitative estimate of drug-likeness (QED) is 0.803. The predicted molar refractivity (Wildman–Crippen MR) is 102 cm³/mol. The zero-order chi connectivity index (χ0) is 18.6. The molecule has 8 heteroatoms. The molecule has 0 unspecified atom stereocenters. The van der Waals surface area contributed by atoms with Gasteiger partial charge in [-0.05, 0) is 12.1 Å². The van der Waals surface area contributed by atoms with Gasteiger partial charge >= 0.3 is 6.01 Å². The van der Waals surface area contributed by atoms with Crippen LogP contribution >= 0.6 is 0 Å². The molecule has 0 bridgehead atoms. The number of aliphatic hydroxyl groups is 1. The Kier molecular flexibility index (Phi) is 5.47. The van der Waals surface area contributed by atoms with Gasteiger partial charge in [-0.3, -0.25) is 9.80 Å². The molecule has 8 nitrogen and oxygen atoms in total. The number of nitrogens with zero attached hydrogens (tertiary/aromatic N) is 6. The van der Waals surface area contributed by atoms with E-state index in [9.17, 15) is 5.11 Å². The number of ether oxygens (including phenoxy) is 1. The fraction of sp³-hybridized carbons (Fsp3) is 0.526. The van der Waals surface area contributed by atoms with E-state index in [0.717, 1.165) is 50.6 Å². The molecule has 2 aliphatic rings. The number of β-amino-alcohol motifs (C(OH)–C–C–N with tert-alkyl or cyclic N) is 1. The summed E-state index contributed by atoms with van der Waals surface area (Å²) in [6.45, 7) is 6.04. The van der Waals surface area contributed by atoms with Crippen LogP contribution in [0.25, 0.3) is 0 Å². The minimum Gasteiger partial charge on any atom is -0.467 e. The van der Waals surface area contributed by atoms with Gasteiger partial charge in [-0.2, -0.15) is 0 Å². The second kappa shape index (κ2) is 8.16. The highest BCUT2D eigenvalue weighted by Crippen LogP contribution is 2.21. The third kappa shape index (κ3) is 4.18. The minimum absolute atomic E-state index is 0.176. The summed E-state index contributed by atoms with van der Waals surface area (Å²) < 4.78 is 5.00. The number of piperazine rings is 1. The monoisotopic (exact) mass is 370 g/mol. The van der Waals surface area contributed by atoms with Gasteiger partial charge in [-0.25, -0.2) is 15.0 Å². The lowest BCUT2D eigenvalue weighted by Crippen LogP contribution is -2.53. The number of aromatic nitrogens is 3. The van der Waals surface area contributed by atoms with Crippen molar-refractivity contribution in [3.63, 3.8) is 0 Å². The van der Waals surface area contributed by atoms with Gasteiger partial charge in [-0.15, -0.1) is 0 Å². The molecule has 144 valence electrons. The van der Waals surface area contributed by atoms with Crippen LogP contribution in [0.1, 0.15) is 5.56 Å². The van der Waals surface area contributed by atoms with E-state index in [4.69, 9.17) is 4.74 Å². The van der Waals surface area contributed by atoms with Crippen LogP contribution in [-0.4, -0.2) is 88.4 Å². The Morgan fingerprint density at radius 3 is 2.52 bits per heavy atom. The Morgan fingerprint density at radius 2 is 1.85 bits per heavy atom. The van der Waals surface area contributed by atoms with Crippen LogP contribution in [0.4, 0.5) is 5.82 Å². The number of anilines is 1. The highest BCUT2D eigenvalue weighted by molar-refractivity contribution is 5.38. The minimum atomic E-state index is -0.328. The first-order chi connectivity index (χ1) is 13.2. The van der Waals surface area contributed by atoms with E-state index in [0.29, 0.717) is 12.6 Å². The van der Waals surface area contributed by atoms with Crippen molar-refractivity contribution in [2.45, 2.75) is 18.7 Å². The van der Waals surface area contributed by atoms with Gasteiger partial charge in [0.15, 0.2) is 0 Å². The van der Waals surface area contributed by atoms with Crippen LogP contribution in [0.5, 0.6) is 6.01 Å². The molecule has 2 saturated heterocycles. The average Bonchev–Trinajstić information content (AvgIpc) is 3.09. The molecule has 4 heterocycles. The first-order valence-corrected chi connectivity index (χ1v) is 9.38. The van der Waals surface area contributed by atoms with E-state index >= 15 is 0 Å². The Hall–Kier alpha value is -2.29. The molecule has 0 aliphatic carbocycles. The third-order valence-electron chi connectivity index (χ3n) is 5.36. The molecule has 0 aromatic carbocycles. The van der Waals surface area contributed by atoms with Gasteiger partial charge < -0.3 is 14.7 Å². The second-order valence-corrected chi connectivity index (χ2v) is 7.12. The zero-order valence-corrected chi connectivity index (χ0v) is 15.6.